The number of sulfone groups is 1. The fraction of sp³-hybridized carbons (Fsp3) is 0.364. The molecule has 2 atom stereocenters. The lowest BCUT2D eigenvalue weighted by atomic mass is 10.1. The maximum absolute atomic E-state index is 13.0. The number of benzene rings is 1. The molecule has 0 saturated carbocycles. The molecular formula is C11H12F2O4S. The summed E-state index contributed by atoms with van der Waals surface area (Å²) in [4.78, 5) is 10.3. The summed E-state index contributed by atoms with van der Waals surface area (Å²) in [5, 5.41) is 7.53. The number of rotatable bonds is 4. The van der Waals surface area contributed by atoms with Crippen LogP contribution in [0.2, 0.25) is 0 Å². The smallest absolute Gasteiger partial charge is 0.307 e. The molecule has 0 spiro atoms. The first-order chi connectivity index (χ1) is 8.17. The van der Waals surface area contributed by atoms with Crippen LogP contribution < -0.4 is 0 Å². The fourth-order valence-electron chi connectivity index (χ4n) is 1.34. The molecule has 7 heteroatoms. The predicted molar refractivity (Wildman–Crippen MR) is 59.8 cm³/mol. The van der Waals surface area contributed by atoms with E-state index in [0.29, 0.717) is 12.1 Å². The lowest BCUT2D eigenvalue weighted by molar-refractivity contribution is -0.141. The van der Waals surface area contributed by atoms with E-state index >= 15 is 0 Å². The Labute approximate surface area is 103 Å². The Morgan fingerprint density at radius 3 is 2.22 bits per heavy atom. The minimum atomic E-state index is -4.01. The van der Waals surface area contributed by atoms with Crippen LogP contribution in [-0.4, -0.2) is 24.7 Å². The molecule has 0 amide bonds. The average molecular weight is 278 g/mol. The third-order valence-electron chi connectivity index (χ3n) is 2.80. The van der Waals surface area contributed by atoms with E-state index in [0.717, 1.165) is 6.07 Å². The fourth-order valence-corrected chi connectivity index (χ4v) is 2.95. The van der Waals surface area contributed by atoms with Crippen molar-refractivity contribution in [3.05, 3.63) is 29.8 Å². The van der Waals surface area contributed by atoms with Crippen molar-refractivity contribution in [2.45, 2.75) is 24.0 Å². The molecule has 1 rings (SSSR count). The number of carboxylic acid groups (broad SMARTS) is 1. The Morgan fingerprint density at radius 2 is 1.78 bits per heavy atom. The normalized spacial score (nSPS) is 15.1. The van der Waals surface area contributed by atoms with Crippen molar-refractivity contribution in [1.82, 2.24) is 0 Å². The Kier molecular flexibility index (Phi) is 4.05. The molecule has 0 fully saturated rings. The molecule has 0 heterocycles. The van der Waals surface area contributed by atoms with Gasteiger partial charge in [-0.1, -0.05) is 6.92 Å². The molecule has 0 aliphatic rings. The van der Waals surface area contributed by atoms with Gasteiger partial charge < -0.3 is 5.11 Å². The van der Waals surface area contributed by atoms with Gasteiger partial charge in [0.2, 0.25) is 0 Å². The first-order valence-corrected chi connectivity index (χ1v) is 6.64. The van der Waals surface area contributed by atoms with Crippen molar-refractivity contribution in [2.24, 2.45) is 5.92 Å². The van der Waals surface area contributed by atoms with Gasteiger partial charge in [-0.2, -0.15) is 0 Å². The second-order valence-electron chi connectivity index (χ2n) is 3.95. The Bertz CT molecular complexity index is 568. The molecule has 0 radical (unpaired) electrons. The minimum Gasteiger partial charge on any atom is -0.481 e. The minimum absolute atomic E-state index is 0.429. The standard InChI is InChI=1S/C11H12F2O4S/c1-6(11(14)15)7(2)18(16,17)8-3-4-9(12)10(13)5-8/h3-7H,1-2H3,(H,14,15). The predicted octanol–water partition coefficient (Wildman–Crippen LogP) is 1.85. The zero-order valence-corrected chi connectivity index (χ0v) is 10.5. The molecule has 0 aliphatic carbocycles. The van der Waals surface area contributed by atoms with Crippen molar-refractivity contribution in [1.29, 1.82) is 0 Å². The summed E-state index contributed by atoms with van der Waals surface area (Å²) < 4.78 is 49.7. The van der Waals surface area contributed by atoms with E-state index in [1.807, 2.05) is 0 Å². The van der Waals surface area contributed by atoms with Gasteiger partial charge in [-0.15, -0.1) is 0 Å². The first kappa shape index (κ1) is 14.6. The lowest BCUT2D eigenvalue weighted by Gasteiger charge is -2.16. The SMILES string of the molecule is CC(C(=O)O)C(C)S(=O)(=O)c1ccc(F)c(F)c1. The topological polar surface area (TPSA) is 71.4 Å². The second kappa shape index (κ2) is 5.01. The van der Waals surface area contributed by atoms with E-state index in [1.165, 1.54) is 13.8 Å². The summed E-state index contributed by atoms with van der Waals surface area (Å²) >= 11 is 0. The van der Waals surface area contributed by atoms with E-state index in [-0.39, 0.29) is 0 Å². The number of aliphatic carboxylic acids is 1. The highest BCUT2D eigenvalue weighted by molar-refractivity contribution is 7.92. The first-order valence-electron chi connectivity index (χ1n) is 5.09. The summed E-state index contributed by atoms with van der Waals surface area (Å²) in [6, 6.07) is 2.16. The van der Waals surface area contributed by atoms with Crippen LogP contribution >= 0.6 is 0 Å². The van der Waals surface area contributed by atoms with Gasteiger partial charge in [0.05, 0.1) is 16.1 Å². The molecule has 1 aromatic carbocycles. The van der Waals surface area contributed by atoms with Crippen LogP contribution in [0.1, 0.15) is 13.8 Å². The third-order valence-corrected chi connectivity index (χ3v) is 5.10. The Morgan fingerprint density at radius 1 is 1.22 bits per heavy atom. The van der Waals surface area contributed by atoms with Crippen molar-refractivity contribution < 1.29 is 27.1 Å². The zero-order chi connectivity index (χ0) is 14.1. The van der Waals surface area contributed by atoms with Gasteiger partial charge >= 0.3 is 5.97 Å². The summed E-state index contributed by atoms with van der Waals surface area (Å²) in [6.07, 6.45) is 0. The van der Waals surface area contributed by atoms with Crippen molar-refractivity contribution in [2.75, 3.05) is 0 Å². The lowest BCUT2D eigenvalue weighted by Crippen LogP contribution is -2.30. The average Bonchev–Trinajstić information content (AvgIpc) is 2.30. The number of halogens is 2. The molecule has 0 saturated heterocycles. The van der Waals surface area contributed by atoms with Gasteiger partial charge in [0.1, 0.15) is 0 Å². The van der Waals surface area contributed by atoms with Crippen LogP contribution in [0.15, 0.2) is 23.1 Å². The highest BCUT2D eigenvalue weighted by Gasteiger charge is 2.32. The molecule has 100 valence electrons. The van der Waals surface area contributed by atoms with Crippen LogP contribution in [-0.2, 0) is 14.6 Å². The summed E-state index contributed by atoms with van der Waals surface area (Å²) in [6.45, 7) is 2.46. The van der Waals surface area contributed by atoms with Crippen LogP contribution in [0.25, 0.3) is 0 Å². The van der Waals surface area contributed by atoms with Crippen molar-refractivity contribution in [3.8, 4) is 0 Å². The number of hydrogen-bond donors (Lipinski definition) is 1. The van der Waals surface area contributed by atoms with E-state index < -0.39 is 43.5 Å². The largest absolute Gasteiger partial charge is 0.481 e. The molecule has 4 nitrogen and oxygen atoms in total. The summed E-state index contributed by atoms with van der Waals surface area (Å²) in [5.41, 5.74) is 0. The quantitative estimate of drug-likeness (QED) is 0.853. The second-order valence-corrected chi connectivity index (χ2v) is 6.26. The highest BCUT2D eigenvalue weighted by Crippen LogP contribution is 2.23. The van der Waals surface area contributed by atoms with E-state index in [4.69, 9.17) is 5.11 Å². The van der Waals surface area contributed by atoms with Gasteiger partial charge in [0.25, 0.3) is 0 Å². The highest BCUT2D eigenvalue weighted by atomic mass is 32.2. The Balaban J connectivity index is 3.21. The third kappa shape index (κ3) is 2.66. The monoisotopic (exact) mass is 278 g/mol. The molecule has 0 aromatic heterocycles. The maximum atomic E-state index is 13.0. The van der Waals surface area contributed by atoms with Crippen LogP contribution in [0.4, 0.5) is 8.78 Å². The molecule has 0 bridgehead atoms. The van der Waals surface area contributed by atoms with Crippen LogP contribution in [0, 0.1) is 17.6 Å². The van der Waals surface area contributed by atoms with E-state index in [2.05, 4.69) is 0 Å². The van der Waals surface area contributed by atoms with E-state index in [1.54, 1.807) is 0 Å². The Hall–Kier alpha value is -1.50. The van der Waals surface area contributed by atoms with Gasteiger partial charge in [-0.25, -0.2) is 17.2 Å². The molecule has 2 unspecified atom stereocenters. The van der Waals surface area contributed by atoms with E-state index in [9.17, 15) is 22.0 Å². The molecule has 1 N–H and O–H groups in total. The number of carbonyl (C=O) groups is 1. The molecule has 0 aliphatic heterocycles. The molecule has 18 heavy (non-hydrogen) atoms. The number of carboxylic acids is 1. The van der Waals surface area contributed by atoms with Gasteiger partial charge in [-0.3, -0.25) is 4.79 Å². The van der Waals surface area contributed by atoms with Gasteiger partial charge in [-0.05, 0) is 25.1 Å². The molecular weight excluding hydrogens is 266 g/mol. The van der Waals surface area contributed by atoms with Crippen LogP contribution in [0.3, 0.4) is 0 Å². The van der Waals surface area contributed by atoms with Gasteiger partial charge in [0, 0.05) is 0 Å². The van der Waals surface area contributed by atoms with Crippen molar-refractivity contribution in [3.63, 3.8) is 0 Å². The van der Waals surface area contributed by atoms with Gasteiger partial charge in [0.15, 0.2) is 21.5 Å². The zero-order valence-electron chi connectivity index (χ0n) is 9.72. The van der Waals surface area contributed by atoms with Crippen LogP contribution in [0.5, 0.6) is 0 Å². The maximum Gasteiger partial charge on any atom is 0.307 e. The molecule has 1 aromatic rings. The summed E-state index contributed by atoms with van der Waals surface area (Å²) in [7, 11) is -4.01. The van der Waals surface area contributed by atoms with Crippen molar-refractivity contribution >= 4 is 15.8 Å². The summed E-state index contributed by atoms with van der Waals surface area (Å²) in [5.74, 6) is -4.86. The number of hydrogen-bond acceptors (Lipinski definition) is 3.